The molecule has 2 aliphatic heterocycles. The van der Waals surface area contributed by atoms with Crippen molar-refractivity contribution in [2.75, 3.05) is 43.5 Å². The molecule has 2 heterocycles. The summed E-state index contributed by atoms with van der Waals surface area (Å²) in [7, 11) is 4.14. The first-order valence-corrected chi connectivity index (χ1v) is 12.5. The maximum absolute atomic E-state index is 15.2. The summed E-state index contributed by atoms with van der Waals surface area (Å²) in [6.07, 6.45) is 1.78. The zero-order chi connectivity index (χ0) is 24.7. The van der Waals surface area contributed by atoms with Gasteiger partial charge in [0.2, 0.25) is 0 Å². The Morgan fingerprint density at radius 3 is 2.40 bits per heavy atom. The molecule has 1 fully saturated rings. The van der Waals surface area contributed by atoms with E-state index in [9.17, 15) is 4.79 Å². The molecule has 0 aromatic heterocycles. The number of benzene rings is 3. The smallest absolute Gasteiger partial charge is 0.258 e. The van der Waals surface area contributed by atoms with Crippen molar-refractivity contribution in [1.29, 1.82) is 0 Å². The summed E-state index contributed by atoms with van der Waals surface area (Å²) in [5, 5.41) is 0. The molecule has 5 rings (SSSR count). The lowest BCUT2D eigenvalue weighted by Gasteiger charge is -2.32. The zero-order valence-electron chi connectivity index (χ0n) is 21.1. The first kappa shape index (κ1) is 23.6. The number of amides is 1. The summed E-state index contributed by atoms with van der Waals surface area (Å²) in [5.41, 5.74) is 5.30. The predicted molar refractivity (Wildman–Crippen MR) is 141 cm³/mol. The highest BCUT2D eigenvalue weighted by Crippen LogP contribution is 2.35. The van der Waals surface area contributed by atoms with Crippen molar-refractivity contribution in [2.24, 2.45) is 0 Å². The molecule has 0 radical (unpaired) electrons. The molecule has 35 heavy (non-hydrogen) atoms. The van der Waals surface area contributed by atoms with Gasteiger partial charge in [0.15, 0.2) is 0 Å². The van der Waals surface area contributed by atoms with E-state index < -0.39 is 0 Å². The van der Waals surface area contributed by atoms with Crippen LogP contribution >= 0.6 is 0 Å². The van der Waals surface area contributed by atoms with E-state index in [-0.39, 0.29) is 17.1 Å². The molecule has 3 aromatic carbocycles. The Bertz CT molecular complexity index is 1240. The van der Waals surface area contributed by atoms with Gasteiger partial charge in [-0.05, 0) is 67.9 Å². The Morgan fingerprint density at radius 2 is 1.71 bits per heavy atom. The first-order valence-electron chi connectivity index (χ1n) is 12.5. The van der Waals surface area contributed by atoms with E-state index in [1.807, 2.05) is 24.3 Å². The lowest BCUT2D eigenvalue weighted by molar-refractivity contribution is 0.0980. The van der Waals surface area contributed by atoms with Crippen molar-refractivity contribution < 1.29 is 9.18 Å². The van der Waals surface area contributed by atoms with Gasteiger partial charge in [-0.1, -0.05) is 56.3 Å². The van der Waals surface area contributed by atoms with Crippen LogP contribution in [0, 0.1) is 5.82 Å². The molecule has 0 bridgehead atoms. The fraction of sp³-hybridized carbons (Fsp3) is 0.367. The van der Waals surface area contributed by atoms with E-state index in [1.54, 1.807) is 4.90 Å². The van der Waals surface area contributed by atoms with Crippen molar-refractivity contribution >= 4 is 17.3 Å². The summed E-state index contributed by atoms with van der Waals surface area (Å²) in [5.74, 6) is -0.322. The van der Waals surface area contributed by atoms with E-state index in [1.165, 1.54) is 17.2 Å². The third kappa shape index (κ3) is 4.34. The first-order chi connectivity index (χ1) is 16.8. The minimum absolute atomic E-state index is 0.0590. The van der Waals surface area contributed by atoms with Gasteiger partial charge in [0.05, 0.1) is 5.69 Å². The van der Waals surface area contributed by atoms with Crippen molar-refractivity contribution in [3.63, 3.8) is 0 Å². The Hall–Kier alpha value is -3.18. The lowest BCUT2D eigenvalue weighted by atomic mass is 9.77. The van der Waals surface area contributed by atoms with E-state index in [0.717, 1.165) is 31.5 Å². The van der Waals surface area contributed by atoms with Crippen molar-refractivity contribution in [1.82, 2.24) is 4.90 Å². The van der Waals surface area contributed by atoms with Crippen LogP contribution in [0.1, 0.15) is 47.3 Å². The molecule has 5 heteroatoms. The van der Waals surface area contributed by atoms with Crippen LogP contribution in [0.5, 0.6) is 0 Å². The molecule has 0 N–H and O–H groups in total. The van der Waals surface area contributed by atoms with Crippen LogP contribution < -0.4 is 9.80 Å². The molecule has 0 unspecified atom stereocenters. The molecule has 0 aliphatic carbocycles. The quantitative estimate of drug-likeness (QED) is 0.492. The summed E-state index contributed by atoms with van der Waals surface area (Å²) in [4.78, 5) is 19.4. The van der Waals surface area contributed by atoms with Crippen LogP contribution in [0.4, 0.5) is 15.8 Å². The molecule has 2 aliphatic rings. The molecule has 1 amide bonds. The number of carbonyl (C=O) groups excluding carboxylic acids is 1. The SMILES string of the molecule is CN(C)[C@@H]1CCN(c2ccc(N3CCc4cc(C(C)(C)c5ccccc5)ccc4C3=O)cc2F)C1. The highest BCUT2D eigenvalue weighted by Gasteiger charge is 2.30. The Morgan fingerprint density at radius 1 is 0.943 bits per heavy atom. The summed E-state index contributed by atoms with van der Waals surface area (Å²) >= 11 is 0. The predicted octanol–water partition coefficient (Wildman–Crippen LogP) is 5.49. The highest BCUT2D eigenvalue weighted by atomic mass is 19.1. The fourth-order valence-corrected chi connectivity index (χ4v) is 5.45. The van der Waals surface area contributed by atoms with Crippen LogP contribution in [-0.2, 0) is 11.8 Å². The van der Waals surface area contributed by atoms with E-state index in [0.29, 0.717) is 29.5 Å². The average molecular weight is 472 g/mol. The van der Waals surface area contributed by atoms with Crippen LogP contribution in [0.3, 0.4) is 0 Å². The largest absolute Gasteiger partial charge is 0.368 e. The van der Waals surface area contributed by atoms with Gasteiger partial charge in [0.1, 0.15) is 5.82 Å². The Labute approximate surface area is 208 Å². The second kappa shape index (κ2) is 9.12. The Balaban J connectivity index is 1.37. The molecule has 3 aromatic rings. The van der Waals surface area contributed by atoms with Gasteiger partial charge >= 0.3 is 0 Å². The number of fused-ring (bicyclic) bond motifs is 1. The van der Waals surface area contributed by atoms with Gasteiger partial charge in [0.25, 0.3) is 5.91 Å². The van der Waals surface area contributed by atoms with Crippen molar-refractivity contribution in [3.8, 4) is 0 Å². The number of nitrogens with zero attached hydrogens (tertiary/aromatic N) is 3. The number of hydrogen-bond acceptors (Lipinski definition) is 3. The number of halogens is 1. The lowest BCUT2D eigenvalue weighted by Crippen LogP contribution is -2.38. The zero-order valence-corrected chi connectivity index (χ0v) is 21.1. The second-order valence-corrected chi connectivity index (χ2v) is 10.6. The van der Waals surface area contributed by atoms with Crippen LogP contribution in [0.25, 0.3) is 0 Å². The molecule has 182 valence electrons. The maximum atomic E-state index is 15.2. The molecular formula is C30H34FN3O. The van der Waals surface area contributed by atoms with E-state index >= 15 is 4.39 Å². The molecule has 1 atom stereocenters. The fourth-order valence-electron chi connectivity index (χ4n) is 5.45. The Kier molecular flexibility index (Phi) is 6.14. The van der Waals surface area contributed by atoms with Gasteiger partial charge in [-0.15, -0.1) is 0 Å². The minimum Gasteiger partial charge on any atom is -0.368 e. The molecule has 0 spiro atoms. The monoisotopic (exact) mass is 471 g/mol. The topological polar surface area (TPSA) is 26.8 Å². The minimum atomic E-state index is -0.263. The molecular weight excluding hydrogens is 437 g/mol. The number of carbonyl (C=O) groups is 1. The number of anilines is 2. The highest BCUT2D eigenvalue weighted by molar-refractivity contribution is 6.08. The number of likely N-dealkylation sites (N-methyl/N-ethyl adjacent to an activating group) is 1. The normalized spacial score (nSPS) is 18.3. The van der Waals surface area contributed by atoms with Gasteiger partial charge in [-0.2, -0.15) is 0 Å². The van der Waals surface area contributed by atoms with Gasteiger partial charge in [-0.3, -0.25) is 4.79 Å². The van der Waals surface area contributed by atoms with Gasteiger partial charge in [-0.25, -0.2) is 4.39 Å². The number of hydrogen-bond donors (Lipinski definition) is 0. The average Bonchev–Trinajstić information content (AvgIpc) is 3.35. The van der Waals surface area contributed by atoms with E-state index in [4.69, 9.17) is 0 Å². The molecule has 1 saturated heterocycles. The third-order valence-corrected chi connectivity index (χ3v) is 7.88. The third-order valence-electron chi connectivity index (χ3n) is 7.88. The van der Waals surface area contributed by atoms with Crippen molar-refractivity contribution in [2.45, 2.75) is 38.1 Å². The summed E-state index contributed by atoms with van der Waals surface area (Å²) in [6.45, 7) is 6.64. The van der Waals surface area contributed by atoms with Crippen LogP contribution in [0.2, 0.25) is 0 Å². The summed E-state index contributed by atoms with van der Waals surface area (Å²) in [6, 6.07) is 22.3. The van der Waals surface area contributed by atoms with Gasteiger partial charge in [0, 0.05) is 42.3 Å². The van der Waals surface area contributed by atoms with E-state index in [2.05, 4.69) is 74.1 Å². The van der Waals surface area contributed by atoms with Crippen molar-refractivity contribution in [3.05, 3.63) is 94.8 Å². The molecule has 4 nitrogen and oxygen atoms in total. The summed E-state index contributed by atoms with van der Waals surface area (Å²) < 4.78 is 15.2. The van der Waals surface area contributed by atoms with Gasteiger partial charge < -0.3 is 14.7 Å². The van der Waals surface area contributed by atoms with Crippen LogP contribution in [0.15, 0.2) is 66.7 Å². The molecule has 0 saturated carbocycles. The maximum Gasteiger partial charge on any atom is 0.258 e. The van der Waals surface area contributed by atoms with Crippen LogP contribution in [-0.4, -0.2) is 50.6 Å². The second-order valence-electron chi connectivity index (χ2n) is 10.6. The standard InChI is InChI=1S/C30H34FN3O/c1-30(2,22-8-6-5-7-9-22)23-10-12-26-21(18-23)14-17-34(29(26)35)24-11-13-28(27(31)19-24)33-16-15-25(20-33)32(3)4/h5-13,18-19,25H,14-17,20H2,1-4H3/t25-/m1/s1. The number of rotatable bonds is 5.